The Morgan fingerprint density at radius 1 is 1.30 bits per heavy atom. The van der Waals surface area contributed by atoms with Gasteiger partial charge in [0.25, 0.3) is 0 Å². The molecule has 2 N–H and O–H groups in total. The molecule has 0 spiro atoms. The van der Waals surface area contributed by atoms with Gasteiger partial charge in [0.1, 0.15) is 0 Å². The molecule has 3 aromatic rings. The first-order chi connectivity index (χ1) is 9.66. The highest BCUT2D eigenvalue weighted by atomic mass is 32.1. The summed E-state index contributed by atoms with van der Waals surface area (Å²) < 4.78 is 0. The van der Waals surface area contributed by atoms with Crippen molar-refractivity contribution in [1.29, 1.82) is 0 Å². The molecular weight excluding hydrogens is 268 g/mol. The molecule has 0 unspecified atom stereocenters. The van der Waals surface area contributed by atoms with Gasteiger partial charge in [-0.1, -0.05) is 6.07 Å². The van der Waals surface area contributed by atoms with E-state index in [4.69, 9.17) is 5.73 Å². The lowest BCUT2D eigenvalue weighted by Gasteiger charge is -2.21. The molecule has 0 aliphatic carbocycles. The highest BCUT2D eigenvalue weighted by Crippen LogP contribution is 2.31. The molecule has 5 heteroatoms. The van der Waals surface area contributed by atoms with Gasteiger partial charge in [-0.15, -0.1) is 11.3 Å². The topological polar surface area (TPSA) is 55.0 Å². The van der Waals surface area contributed by atoms with Crippen LogP contribution in [0.15, 0.2) is 36.1 Å². The standard InChI is InChI=1S/C15H16N4S/c1-10-14(20-9-18-10)8-19(2)13-4-3-11-7-17-6-5-12(11)15(13)16/h3-7,9H,8,16H2,1-2H3. The minimum absolute atomic E-state index is 0.801. The van der Waals surface area contributed by atoms with Crippen molar-refractivity contribution in [1.82, 2.24) is 9.97 Å². The van der Waals surface area contributed by atoms with Gasteiger partial charge in [-0.05, 0) is 19.1 Å². The van der Waals surface area contributed by atoms with E-state index in [1.165, 1.54) is 4.88 Å². The number of nitrogens with zero attached hydrogens (tertiary/aromatic N) is 3. The zero-order valence-corrected chi connectivity index (χ0v) is 12.3. The first-order valence-electron chi connectivity index (χ1n) is 6.39. The van der Waals surface area contributed by atoms with Crippen molar-refractivity contribution in [2.45, 2.75) is 13.5 Å². The minimum Gasteiger partial charge on any atom is -0.397 e. The van der Waals surface area contributed by atoms with E-state index in [1.807, 2.05) is 24.7 Å². The molecule has 0 saturated carbocycles. The molecule has 0 amide bonds. The first kappa shape index (κ1) is 12.9. The Morgan fingerprint density at radius 3 is 2.90 bits per heavy atom. The van der Waals surface area contributed by atoms with Crippen LogP contribution < -0.4 is 10.6 Å². The molecule has 0 saturated heterocycles. The van der Waals surface area contributed by atoms with Crippen LogP contribution in [0.25, 0.3) is 10.8 Å². The zero-order valence-electron chi connectivity index (χ0n) is 11.5. The Labute approximate surface area is 121 Å². The Bertz CT molecular complexity index is 750. The van der Waals surface area contributed by atoms with Gasteiger partial charge in [-0.2, -0.15) is 0 Å². The quantitative estimate of drug-likeness (QED) is 0.750. The lowest BCUT2D eigenvalue weighted by Crippen LogP contribution is -2.17. The monoisotopic (exact) mass is 284 g/mol. The van der Waals surface area contributed by atoms with E-state index in [1.54, 1.807) is 17.5 Å². The van der Waals surface area contributed by atoms with E-state index in [-0.39, 0.29) is 0 Å². The predicted molar refractivity (Wildman–Crippen MR) is 85.1 cm³/mol. The van der Waals surface area contributed by atoms with E-state index in [0.717, 1.165) is 34.4 Å². The Hall–Kier alpha value is -2.14. The third-order valence-corrected chi connectivity index (χ3v) is 4.40. The van der Waals surface area contributed by atoms with Gasteiger partial charge < -0.3 is 10.6 Å². The zero-order chi connectivity index (χ0) is 14.1. The molecule has 0 radical (unpaired) electrons. The van der Waals surface area contributed by atoms with Crippen LogP contribution in [0.3, 0.4) is 0 Å². The van der Waals surface area contributed by atoms with Crippen LogP contribution in [0.5, 0.6) is 0 Å². The average Bonchev–Trinajstić information content (AvgIpc) is 2.85. The second-order valence-corrected chi connectivity index (χ2v) is 5.75. The van der Waals surface area contributed by atoms with Crippen molar-refractivity contribution >= 4 is 33.5 Å². The van der Waals surface area contributed by atoms with E-state index in [2.05, 4.69) is 34.0 Å². The molecule has 1 aromatic carbocycles. The highest BCUT2D eigenvalue weighted by molar-refractivity contribution is 7.09. The van der Waals surface area contributed by atoms with Gasteiger partial charge >= 0.3 is 0 Å². The third kappa shape index (κ3) is 2.20. The van der Waals surface area contributed by atoms with Crippen LogP contribution >= 0.6 is 11.3 Å². The summed E-state index contributed by atoms with van der Waals surface area (Å²) in [5, 5.41) is 2.11. The molecule has 3 rings (SSSR count). The Kier molecular flexibility index (Phi) is 3.28. The smallest absolute Gasteiger partial charge is 0.0798 e. The fraction of sp³-hybridized carbons (Fsp3) is 0.200. The van der Waals surface area contributed by atoms with E-state index >= 15 is 0 Å². The van der Waals surface area contributed by atoms with Gasteiger partial charge in [-0.25, -0.2) is 4.98 Å². The molecule has 0 aliphatic rings. The minimum atomic E-state index is 0.801. The van der Waals surface area contributed by atoms with Crippen LogP contribution in [-0.4, -0.2) is 17.0 Å². The number of aromatic nitrogens is 2. The summed E-state index contributed by atoms with van der Waals surface area (Å²) in [6.45, 7) is 2.85. The summed E-state index contributed by atoms with van der Waals surface area (Å²) in [7, 11) is 2.05. The van der Waals surface area contributed by atoms with Crippen molar-refractivity contribution in [2.24, 2.45) is 0 Å². The fourth-order valence-electron chi connectivity index (χ4n) is 2.29. The summed E-state index contributed by atoms with van der Waals surface area (Å²) in [4.78, 5) is 11.8. The molecule has 0 aliphatic heterocycles. The molecule has 102 valence electrons. The van der Waals surface area contributed by atoms with Crippen LogP contribution in [0.2, 0.25) is 0 Å². The van der Waals surface area contributed by atoms with Gasteiger partial charge in [0.05, 0.1) is 29.1 Å². The van der Waals surface area contributed by atoms with Crippen LogP contribution in [0, 0.1) is 6.92 Å². The maximum Gasteiger partial charge on any atom is 0.0798 e. The fourth-order valence-corrected chi connectivity index (χ4v) is 3.12. The van der Waals surface area contributed by atoms with Crippen LogP contribution in [0.4, 0.5) is 11.4 Å². The highest BCUT2D eigenvalue weighted by Gasteiger charge is 2.11. The summed E-state index contributed by atoms with van der Waals surface area (Å²) in [5.74, 6) is 0. The summed E-state index contributed by atoms with van der Waals surface area (Å²) in [5.41, 5.74) is 11.1. The molecule has 2 aromatic heterocycles. The number of pyridine rings is 1. The molecule has 0 bridgehead atoms. The van der Waals surface area contributed by atoms with E-state index in [0.29, 0.717) is 0 Å². The summed E-state index contributed by atoms with van der Waals surface area (Å²) in [6, 6.07) is 6.07. The first-order valence-corrected chi connectivity index (χ1v) is 7.27. The summed E-state index contributed by atoms with van der Waals surface area (Å²) >= 11 is 1.68. The van der Waals surface area contributed by atoms with Crippen LogP contribution in [0.1, 0.15) is 10.6 Å². The second kappa shape index (κ2) is 5.09. The van der Waals surface area contributed by atoms with Crippen molar-refractivity contribution in [2.75, 3.05) is 17.7 Å². The Morgan fingerprint density at radius 2 is 2.15 bits per heavy atom. The summed E-state index contributed by atoms with van der Waals surface area (Å²) in [6.07, 6.45) is 3.61. The lowest BCUT2D eigenvalue weighted by molar-refractivity contribution is 0.928. The third-order valence-electron chi connectivity index (χ3n) is 3.48. The number of hydrogen-bond donors (Lipinski definition) is 1. The van der Waals surface area contributed by atoms with Gasteiger partial charge in [0, 0.05) is 35.1 Å². The van der Waals surface area contributed by atoms with Crippen molar-refractivity contribution in [3.8, 4) is 0 Å². The van der Waals surface area contributed by atoms with E-state index in [9.17, 15) is 0 Å². The van der Waals surface area contributed by atoms with Gasteiger partial charge in [-0.3, -0.25) is 4.98 Å². The number of nitrogens with two attached hydrogens (primary N) is 1. The Balaban J connectivity index is 1.97. The number of fused-ring (bicyclic) bond motifs is 1. The van der Waals surface area contributed by atoms with Crippen LogP contribution in [-0.2, 0) is 6.54 Å². The van der Waals surface area contributed by atoms with Crippen molar-refractivity contribution in [3.63, 3.8) is 0 Å². The average molecular weight is 284 g/mol. The number of aryl methyl sites for hydroxylation is 1. The van der Waals surface area contributed by atoms with Crippen molar-refractivity contribution < 1.29 is 0 Å². The number of rotatable bonds is 3. The maximum absolute atomic E-state index is 6.31. The number of benzene rings is 1. The molecule has 20 heavy (non-hydrogen) atoms. The van der Waals surface area contributed by atoms with Gasteiger partial charge in [0.15, 0.2) is 0 Å². The number of thiazole rings is 1. The largest absolute Gasteiger partial charge is 0.397 e. The van der Waals surface area contributed by atoms with E-state index < -0.39 is 0 Å². The number of hydrogen-bond acceptors (Lipinski definition) is 5. The lowest BCUT2D eigenvalue weighted by atomic mass is 10.1. The number of nitrogen functional groups attached to an aromatic ring is 1. The second-order valence-electron chi connectivity index (χ2n) is 4.81. The number of anilines is 2. The molecule has 0 atom stereocenters. The van der Waals surface area contributed by atoms with Gasteiger partial charge in [0.2, 0.25) is 0 Å². The SMILES string of the molecule is Cc1ncsc1CN(C)c1ccc2cnccc2c1N. The molecule has 2 heterocycles. The molecule has 0 fully saturated rings. The molecule has 4 nitrogen and oxygen atoms in total. The normalized spacial score (nSPS) is 10.9. The van der Waals surface area contributed by atoms with Crippen molar-refractivity contribution in [3.05, 3.63) is 46.7 Å². The predicted octanol–water partition coefficient (Wildman–Crippen LogP) is 3.22. The molecular formula is C15H16N4S. The maximum atomic E-state index is 6.31.